The highest BCUT2D eigenvalue weighted by Gasteiger charge is 2.11. The number of carboxylic acid groups (broad SMARTS) is 2. The Hall–Kier alpha value is -3.02. The molecule has 1 rings (SSSR count). The van der Waals surface area contributed by atoms with Gasteiger partial charge < -0.3 is 14.9 Å². The lowest BCUT2D eigenvalue weighted by atomic mass is 10.1. The molecule has 0 radical (unpaired) electrons. The lowest BCUT2D eigenvalue weighted by molar-refractivity contribution is 0.0696. The average Bonchev–Trinajstić information content (AvgIpc) is 2.62. The molecule has 0 fully saturated rings. The van der Waals surface area contributed by atoms with Crippen molar-refractivity contribution < 1.29 is 24.5 Å². The summed E-state index contributed by atoms with van der Waals surface area (Å²) in [5, 5.41) is 20.2. The van der Waals surface area contributed by atoms with Crippen LogP contribution in [0.3, 0.4) is 0 Å². The Labute approximate surface area is 172 Å². The molecule has 1 amide bonds. The second-order valence-electron chi connectivity index (χ2n) is 7.22. The molecule has 1 aromatic rings. The quantitative estimate of drug-likeness (QED) is 0.380. The van der Waals surface area contributed by atoms with Gasteiger partial charge in [-0.2, -0.15) is 0 Å². The SMILES string of the molecule is CC(C)=CCC/C(C)=C/CC/C(C)=C/COc1cc(C(=O)O)ccc1NC(=O)O. The van der Waals surface area contributed by atoms with Gasteiger partial charge in [-0.15, -0.1) is 0 Å². The van der Waals surface area contributed by atoms with E-state index >= 15 is 0 Å². The summed E-state index contributed by atoms with van der Waals surface area (Å²) in [6, 6.07) is 4.02. The summed E-state index contributed by atoms with van der Waals surface area (Å²) in [6.07, 6.45) is 9.16. The third-order valence-corrected chi connectivity index (χ3v) is 4.26. The van der Waals surface area contributed by atoms with Crippen LogP contribution in [0.4, 0.5) is 10.5 Å². The molecule has 6 nitrogen and oxygen atoms in total. The fraction of sp³-hybridized carbons (Fsp3) is 0.391. The number of carbonyl (C=O) groups is 2. The van der Waals surface area contributed by atoms with E-state index in [9.17, 15) is 9.59 Å². The fourth-order valence-electron chi connectivity index (χ4n) is 2.61. The summed E-state index contributed by atoms with van der Waals surface area (Å²) in [7, 11) is 0. The highest BCUT2D eigenvalue weighted by molar-refractivity contribution is 5.91. The Bertz CT molecular complexity index is 801. The van der Waals surface area contributed by atoms with Gasteiger partial charge in [0.05, 0.1) is 11.3 Å². The van der Waals surface area contributed by atoms with Crippen molar-refractivity contribution in [3.63, 3.8) is 0 Å². The van der Waals surface area contributed by atoms with E-state index in [0.717, 1.165) is 31.3 Å². The van der Waals surface area contributed by atoms with Gasteiger partial charge >= 0.3 is 12.1 Å². The van der Waals surface area contributed by atoms with Crippen LogP contribution in [0.15, 0.2) is 53.1 Å². The number of hydrogen-bond donors (Lipinski definition) is 3. The van der Waals surface area contributed by atoms with Crippen LogP contribution in [0.1, 0.15) is 63.7 Å². The van der Waals surface area contributed by atoms with Gasteiger partial charge in [0, 0.05) is 0 Å². The Morgan fingerprint density at radius 2 is 1.59 bits per heavy atom. The number of aromatic carboxylic acids is 1. The number of allylic oxidation sites excluding steroid dienone is 5. The Morgan fingerprint density at radius 1 is 0.966 bits per heavy atom. The van der Waals surface area contributed by atoms with Gasteiger partial charge in [-0.25, -0.2) is 9.59 Å². The summed E-state index contributed by atoms with van der Waals surface area (Å²) in [4.78, 5) is 22.0. The van der Waals surface area contributed by atoms with Crippen molar-refractivity contribution in [2.24, 2.45) is 0 Å². The summed E-state index contributed by atoms with van der Waals surface area (Å²) in [5.41, 5.74) is 4.11. The molecule has 158 valence electrons. The zero-order valence-electron chi connectivity index (χ0n) is 17.6. The molecule has 0 spiro atoms. The van der Waals surface area contributed by atoms with Crippen molar-refractivity contribution in [2.45, 2.75) is 53.4 Å². The van der Waals surface area contributed by atoms with Crippen molar-refractivity contribution in [1.29, 1.82) is 0 Å². The summed E-state index contributed by atoms with van der Waals surface area (Å²) < 4.78 is 5.62. The van der Waals surface area contributed by atoms with Gasteiger partial charge in [0.1, 0.15) is 12.4 Å². The normalized spacial score (nSPS) is 11.7. The van der Waals surface area contributed by atoms with E-state index in [0.29, 0.717) is 0 Å². The standard InChI is InChI=1S/C23H31NO5/c1-16(2)7-5-8-17(3)9-6-10-18(4)13-14-29-21-15-19(22(25)26)11-12-20(21)24-23(27)28/h7,9,11-13,15,24H,5-6,8,10,14H2,1-4H3,(H,25,26)(H,27,28)/b17-9+,18-13+. The molecule has 0 unspecified atom stereocenters. The molecule has 0 aromatic heterocycles. The van der Waals surface area contributed by atoms with Gasteiger partial charge in [-0.1, -0.05) is 28.9 Å². The van der Waals surface area contributed by atoms with E-state index < -0.39 is 12.1 Å². The molecule has 0 aliphatic heterocycles. The molecule has 6 heteroatoms. The van der Waals surface area contributed by atoms with E-state index in [1.807, 2.05) is 13.0 Å². The van der Waals surface area contributed by atoms with Gasteiger partial charge in [0.15, 0.2) is 0 Å². The zero-order chi connectivity index (χ0) is 21.8. The number of rotatable bonds is 11. The first-order valence-electron chi connectivity index (χ1n) is 9.63. The van der Waals surface area contributed by atoms with Crippen LogP contribution in [0.2, 0.25) is 0 Å². The maximum Gasteiger partial charge on any atom is 0.409 e. The summed E-state index contributed by atoms with van der Waals surface area (Å²) >= 11 is 0. The van der Waals surface area contributed by atoms with Crippen LogP contribution < -0.4 is 10.1 Å². The van der Waals surface area contributed by atoms with Crippen molar-refractivity contribution in [3.8, 4) is 5.75 Å². The molecule has 0 atom stereocenters. The van der Waals surface area contributed by atoms with E-state index in [1.165, 1.54) is 29.3 Å². The zero-order valence-corrected chi connectivity index (χ0v) is 17.6. The minimum absolute atomic E-state index is 0.0327. The number of benzene rings is 1. The molecule has 3 N–H and O–H groups in total. The first kappa shape index (κ1) is 24.0. The third kappa shape index (κ3) is 10.2. The number of hydrogen-bond acceptors (Lipinski definition) is 3. The monoisotopic (exact) mass is 401 g/mol. The third-order valence-electron chi connectivity index (χ3n) is 4.26. The topological polar surface area (TPSA) is 95.9 Å². The van der Waals surface area contributed by atoms with Crippen LogP contribution in [-0.4, -0.2) is 28.9 Å². The number of anilines is 1. The highest BCUT2D eigenvalue weighted by Crippen LogP contribution is 2.26. The van der Waals surface area contributed by atoms with Gasteiger partial charge in [0.25, 0.3) is 0 Å². The van der Waals surface area contributed by atoms with E-state index in [4.69, 9.17) is 14.9 Å². The lowest BCUT2D eigenvalue weighted by Crippen LogP contribution is -2.10. The molecule has 0 saturated carbocycles. The van der Waals surface area contributed by atoms with Gasteiger partial charge in [0.2, 0.25) is 0 Å². The molecule has 0 aliphatic rings. The van der Waals surface area contributed by atoms with Crippen LogP contribution in [-0.2, 0) is 0 Å². The second-order valence-corrected chi connectivity index (χ2v) is 7.22. The minimum atomic E-state index is -1.24. The van der Waals surface area contributed by atoms with E-state index in [2.05, 4.69) is 38.2 Å². The molecular weight excluding hydrogens is 370 g/mol. The van der Waals surface area contributed by atoms with Gasteiger partial charge in [-0.3, -0.25) is 5.32 Å². The predicted molar refractivity (Wildman–Crippen MR) is 116 cm³/mol. The van der Waals surface area contributed by atoms with Crippen molar-refractivity contribution in [3.05, 3.63) is 58.7 Å². The van der Waals surface area contributed by atoms with Crippen molar-refractivity contribution in [1.82, 2.24) is 0 Å². The number of carboxylic acids is 1. The van der Waals surface area contributed by atoms with Crippen LogP contribution in [0, 0.1) is 0 Å². The largest absolute Gasteiger partial charge is 0.487 e. The fourth-order valence-corrected chi connectivity index (χ4v) is 2.61. The summed E-state index contributed by atoms with van der Waals surface area (Å²) in [6.45, 7) is 8.60. The number of nitrogens with one attached hydrogen (secondary N) is 1. The van der Waals surface area contributed by atoms with Crippen LogP contribution in [0.25, 0.3) is 0 Å². The van der Waals surface area contributed by atoms with E-state index in [-0.39, 0.29) is 23.6 Å². The first-order valence-corrected chi connectivity index (χ1v) is 9.63. The van der Waals surface area contributed by atoms with Crippen LogP contribution in [0.5, 0.6) is 5.75 Å². The molecule has 0 aliphatic carbocycles. The number of amides is 1. The van der Waals surface area contributed by atoms with Crippen molar-refractivity contribution in [2.75, 3.05) is 11.9 Å². The molecule has 0 heterocycles. The lowest BCUT2D eigenvalue weighted by Gasteiger charge is -2.11. The minimum Gasteiger partial charge on any atom is -0.487 e. The molecular formula is C23H31NO5. The van der Waals surface area contributed by atoms with E-state index in [1.54, 1.807) is 0 Å². The molecule has 29 heavy (non-hydrogen) atoms. The van der Waals surface area contributed by atoms with Crippen LogP contribution >= 0.6 is 0 Å². The van der Waals surface area contributed by atoms with Crippen molar-refractivity contribution >= 4 is 17.7 Å². The molecule has 0 bridgehead atoms. The maximum absolute atomic E-state index is 11.1. The highest BCUT2D eigenvalue weighted by atomic mass is 16.5. The summed E-state index contributed by atoms with van der Waals surface area (Å²) in [5.74, 6) is -0.915. The molecule has 1 aromatic carbocycles. The smallest absolute Gasteiger partial charge is 0.409 e. The Balaban J connectivity index is 2.60. The van der Waals surface area contributed by atoms with Gasteiger partial charge in [-0.05, 0) is 77.7 Å². The first-order chi connectivity index (χ1) is 13.7. The average molecular weight is 402 g/mol. The molecule has 0 saturated heterocycles. The number of ether oxygens (including phenoxy) is 1. The Kier molecular flexibility index (Phi) is 10.3. The Morgan fingerprint density at radius 3 is 2.17 bits per heavy atom. The second kappa shape index (κ2) is 12.4. The maximum atomic E-state index is 11.1. The predicted octanol–water partition coefficient (Wildman–Crippen LogP) is 6.27.